The van der Waals surface area contributed by atoms with Crippen molar-refractivity contribution in [3.63, 3.8) is 0 Å². The van der Waals surface area contributed by atoms with E-state index < -0.39 is 11.6 Å². The summed E-state index contributed by atoms with van der Waals surface area (Å²) in [7, 11) is 0. The van der Waals surface area contributed by atoms with Gasteiger partial charge in [0.15, 0.2) is 0 Å². The quantitative estimate of drug-likeness (QED) is 0.693. The Morgan fingerprint density at radius 3 is 2.93 bits per heavy atom. The molecule has 3 N–H and O–H groups in total. The monoisotopic (exact) mass is 382 g/mol. The Bertz CT molecular complexity index is 921. The molecule has 2 heterocycles. The highest BCUT2D eigenvalue weighted by Gasteiger charge is 2.55. The number of carbonyl (C=O) groups excluding carboxylic acids is 3. The predicted octanol–water partition coefficient (Wildman–Crippen LogP) is 2.33. The van der Waals surface area contributed by atoms with Gasteiger partial charge in [0.05, 0.1) is 0 Å². The standard InChI is InChI=1S/C21H26N4O3/c1-14-6-4-5-10-21(14)19(27)25(20(28)24-21)13-18(26)22-11-9-15-12-23-17-8-3-2-7-16(15)17/h2-3,7-8,12,14,23H,4-6,9-11,13H2,1H3,(H,22,26)(H,24,28)/t14-,21-/m0/s1. The molecular weight excluding hydrogens is 356 g/mol. The molecule has 148 valence electrons. The molecule has 4 amide bonds. The molecule has 2 aliphatic rings. The molecule has 2 atom stereocenters. The average molecular weight is 382 g/mol. The van der Waals surface area contributed by atoms with Gasteiger partial charge in [-0.1, -0.05) is 38.0 Å². The summed E-state index contributed by atoms with van der Waals surface area (Å²) < 4.78 is 0. The van der Waals surface area contributed by atoms with Crippen LogP contribution in [0.25, 0.3) is 10.9 Å². The minimum absolute atomic E-state index is 0.0904. The molecule has 4 rings (SSSR count). The van der Waals surface area contributed by atoms with E-state index in [0.29, 0.717) is 19.4 Å². The number of aromatic nitrogens is 1. The first-order valence-electron chi connectivity index (χ1n) is 9.97. The van der Waals surface area contributed by atoms with Crippen LogP contribution in [0.1, 0.15) is 38.2 Å². The molecule has 0 radical (unpaired) electrons. The van der Waals surface area contributed by atoms with E-state index in [9.17, 15) is 14.4 Å². The highest BCUT2D eigenvalue weighted by molar-refractivity contribution is 6.09. The molecule has 1 aromatic heterocycles. The highest BCUT2D eigenvalue weighted by atomic mass is 16.2. The van der Waals surface area contributed by atoms with Crippen molar-refractivity contribution in [1.82, 2.24) is 20.5 Å². The van der Waals surface area contributed by atoms with Crippen LogP contribution in [0.2, 0.25) is 0 Å². The lowest BCUT2D eigenvalue weighted by atomic mass is 9.73. The Labute approximate surface area is 163 Å². The van der Waals surface area contributed by atoms with Gasteiger partial charge < -0.3 is 15.6 Å². The van der Waals surface area contributed by atoms with Crippen LogP contribution in [0.3, 0.4) is 0 Å². The van der Waals surface area contributed by atoms with Crippen molar-refractivity contribution in [2.45, 2.75) is 44.6 Å². The van der Waals surface area contributed by atoms with Gasteiger partial charge >= 0.3 is 6.03 Å². The fourth-order valence-corrected chi connectivity index (χ4v) is 4.51. The van der Waals surface area contributed by atoms with Gasteiger partial charge in [-0.25, -0.2) is 4.79 Å². The number of hydrogen-bond acceptors (Lipinski definition) is 3. The number of aromatic amines is 1. The van der Waals surface area contributed by atoms with E-state index in [4.69, 9.17) is 0 Å². The molecule has 1 spiro atoms. The fourth-order valence-electron chi connectivity index (χ4n) is 4.51. The Kier molecular flexibility index (Phi) is 4.83. The molecule has 1 aromatic carbocycles. The third kappa shape index (κ3) is 3.15. The van der Waals surface area contributed by atoms with Crippen molar-refractivity contribution in [2.75, 3.05) is 13.1 Å². The minimum Gasteiger partial charge on any atom is -0.361 e. The number of nitrogens with one attached hydrogen (secondary N) is 3. The van der Waals surface area contributed by atoms with Crippen molar-refractivity contribution in [3.8, 4) is 0 Å². The molecule has 28 heavy (non-hydrogen) atoms. The lowest BCUT2D eigenvalue weighted by Crippen LogP contribution is -2.54. The zero-order valence-electron chi connectivity index (χ0n) is 16.1. The number of para-hydroxylation sites is 1. The summed E-state index contributed by atoms with van der Waals surface area (Å²) in [5, 5.41) is 6.84. The van der Waals surface area contributed by atoms with Crippen LogP contribution in [0.15, 0.2) is 30.5 Å². The van der Waals surface area contributed by atoms with Crippen LogP contribution < -0.4 is 10.6 Å². The maximum atomic E-state index is 12.9. The molecule has 0 unspecified atom stereocenters. The molecule has 1 aliphatic heterocycles. The largest absolute Gasteiger partial charge is 0.361 e. The number of carbonyl (C=O) groups is 3. The number of nitrogens with zero attached hydrogens (tertiary/aromatic N) is 1. The van der Waals surface area contributed by atoms with Gasteiger partial charge in [0.2, 0.25) is 5.91 Å². The van der Waals surface area contributed by atoms with E-state index in [1.807, 2.05) is 37.4 Å². The molecule has 7 nitrogen and oxygen atoms in total. The normalized spacial score (nSPS) is 24.8. The Balaban J connectivity index is 1.33. The molecule has 0 bridgehead atoms. The van der Waals surface area contributed by atoms with E-state index in [1.54, 1.807) is 0 Å². The summed E-state index contributed by atoms with van der Waals surface area (Å²) in [4.78, 5) is 41.9. The van der Waals surface area contributed by atoms with Crippen molar-refractivity contribution >= 4 is 28.7 Å². The van der Waals surface area contributed by atoms with Gasteiger partial charge in [-0.2, -0.15) is 0 Å². The number of rotatable bonds is 5. The third-order valence-corrected chi connectivity index (χ3v) is 6.19. The van der Waals surface area contributed by atoms with E-state index in [1.165, 1.54) is 0 Å². The zero-order valence-corrected chi connectivity index (χ0v) is 16.1. The predicted molar refractivity (Wildman–Crippen MR) is 106 cm³/mol. The van der Waals surface area contributed by atoms with Crippen molar-refractivity contribution < 1.29 is 14.4 Å². The summed E-state index contributed by atoms with van der Waals surface area (Å²) in [5.41, 5.74) is 1.37. The maximum Gasteiger partial charge on any atom is 0.325 e. The van der Waals surface area contributed by atoms with Crippen LogP contribution in [0.5, 0.6) is 0 Å². The Morgan fingerprint density at radius 2 is 2.11 bits per heavy atom. The second kappa shape index (κ2) is 7.30. The Morgan fingerprint density at radius 1 is 1.29 bits per heavy atom. The molecule has 1 saturated carbocycles. The van der Waals surface area contributed by atoms with Gasteiger partial charge in [0.1, 0.15) is 12.1 Å². The minimum atomic E-state index is -0.820. The zero-order chi connectivity index (χ0) is 19.7. The van der Waals surface area contributed by atoms with E-state index in [2.05, 4.69) is 15.6 Å². The summed E-state index contributed by atoms with van der Waals surface area (Å²) in [6, 6.07) is 7.56. The van der Waals surface area contributed by atoms with Crippen molar-refractivity contribution in [2.24, 2.45) is 5.92 Å². The van der Waals surface area contributed by atoms with Crippen molar-refractivity contribution in [1.29, 1.82) is 0 Å². The number of imide groups is 1. The molecule has 1 aliphatic carbocycles. The number of H-pyrrole nitrogens is 1. The second-order valence-corrected chi connectivity index (χ2v) is 7.90. The van der Waals surface area contributed by atoms with Crippen LogP contribution in [0, 0.1) is 5.92 Å². The van der Waals surface area contributed by atoms with E-state index in [-0.39, 0.29) is 24.3 Å². The summed E-state index contributed by atoms with van der Waals surface area (Å²) in [6.45, 7) is 2.22. The number of urea groups is 1. The number of fused-ring (bicyclic) bond motifs is 1. The van der Waals surface area contributed by atoms with E-state index in [0.717, 1.165) is 40.6 Å². The SMILES string of the molecule is C[C@H]1CCCC[C@]12NC(=O)N(CC(=O)NCCc1c[nH]c3ccccc13)C2=O. The topological polar surface area (TPSA) is 94.3 Å². The lowest BCUT2D eigenvalue weighted by molar-refractivity contribution is -0.137. The number of benzene rings is 1. The summed E-state index contributed by atoms with van der Waals surface area (Å²) in [6.07, 6.45) is 6.18. The number of hydrogen-bond donors (Lipinski definition) is 3. The highest BCUT2D eigenvalue weighted by Crippen LogP contribution is 2.38. The second-order valence-electron chi connectivity index (χ2n) is 7.90. The van der Waals surface area contributed by atoms with Gasteiger partial charge in [0, 0.05) is 23.6 Å². The summed E-state index contributed by atoms with van der Waals surface area (Å²) in [5.74, 6) is -0.479. The fraction of sp³-hybridized carbons (Fsp3) is 0.476. The van der Waals surface area contributed by atoms with Crippen LogP contribution in [-0.4, -0.2) is 46.4 Å². The van der Waals surface area contributed by atoms with Gasteiger partial charge in [-0.15, -0.1) is 0 Å². The molecule has 2 fully saturated rings. The van der Waals surface area contributed by atoms with E-state index >= 15 is 0 Å². The molecule has 1 saturated heterocycles. The lowest BCUT2D eigenvalue weighted by Gasteiger charge is -2.36. The van der Waals surface area contributed by atoms with Crippen LogP contribution in [0.4, 0.5) is 4.79 Å². The van der Waals surface area contributed by atoms with Crippen LogP contribution in [-0.2, 0) is 16.0 Å². The van der Waals surface area contributed by atoms with Gasteiger partial charge in [-0.3, -0.25) is 14.5 Å². The summed E-state index contributed by atoms with van der Waals surface area (Å²) >= 11 is 0. The first-order valence-corrected chi connectivity index (χ1v) is 9.97. The first-order chi connectivity index (χ1) is 13.5. The third-order valence-electron chi connectivity index (χ3n) is 6.19. The molecular formula is C21H26N4O3. The van der Waals surface area contributed by atoms with Gasteiger partial charge in [0.25, 0.3) is 5.91 Å². The molecule has 7 heteroatoms. The number of amides is 4. The molecule has 2 aromatic rings. The van der Waals surface area contributed by atoms with Crippen LogP contribution >= 0.6 is 0 Å². The smallest absolute Gasteiger partial charge is 0.325 e. The Hall–Kier alpha value is -2.83. The van der Waals surface area contributed by atoms with Gasteiger partial charge in [-0.05, 0) is 36.8 Å². The van der Waals surface area contributed by atoms with Crippen molar-refractivity contribution in [3.05, 3.63) is 36.0 Å². The maximum absolute atomic E-state index is 12.9. The first kappa shape index (κ1) is 18.5. The average Bonchev–Trinajstić information content (AvgIpc) is 3.20.